The maximum absolute atomic E-state index is 12.7. The molecule has 0 spiro atoms. The second-order valence-electron chi connectivity index (χ2n) is 5.64. The van der Waals surface area contributed by atoms with E-state index in [-0.39, 0.29) is 11.6 Å². The molecule has 0 saturated carbocycles. The van der Waals surface area contributed by atoms with Crippen molar-refractivity contribution in [3.8, 4) is 0 Å². The molecule has 3 aromatic rings. The number of carbonyl (C=O) groups is 2. The van der Waals surface area contributed by atoms with Crippen LogP contribution in [0, 0.1) is 13.8 Å². The van der Waals surface area contributed by atoms with E-state index < -0.39 is 0 Å². The van der Waals surface area contributed by atoms with Crippen LogP contribution in [0.5, 0.6) is 0 Å². The molecule has 0 N–H and O–H groups in total. The van der Waals surface area contributed by atoms with Gasteiger partial charge in [-0.25, -0.2) is 0 Å². The Kier molecular flexibility index (Phi) is 4.34. The van der Waals surface area contributed by atoms with Crippen molar-refractivity contribution in [1.29, 1.82) is 0 Å². The number of pyridine rings is 1. The highest BCUT2D eigenvalue weighted by atomic mass is 16.1. The molecular weight excluding hydrogens is 298 g/mol. The number of hydrogen-bond acceptors (Lipinski definition) is 3. The third-order valence-electron chi connectivity index (χ3n) is 3.96. The van der Waals surface area contributed by atoms with Crippen LogP contribution in [0.4, 0.5) is 0 Å². The Morgan fingerprint density at radius 3 is 1.42 bits per heavy atom. The van der Waals surface area contributed by atoms with Crippen LogP contribution in [0.1, 0.15) is 43.2 Å². The van der Waals surface area contributed by atoms with Gasteiger partial charge in [0.05, 0.1) is 0 Å². The lowest BCUT2D eigenvalue weighted by molar-refractivity contribution is 0.103. The Hall–Kier alpha value is -3.07. The van der Waals surface area contributed by atoms with E-state index in [1.807, 2.05) is 36.4 Å². The van der Waals surface area contributed by atoms with Crippen molar-refractivity contribution < 1.29 is 9.59 Å². The van der Waals surface area contributed by atoms with Crippen LogP contribution in [0.2, 0.25) is 0 Å². The van der Waals surface area contributed by atoms with Crippen LogP contribution in [0.25, 0.3) is 0 Å². The first kappa shape index (κ1) is 15.8. The van der Waals surface area contributed by atoms with Crippen LogP contribution < -0.4 is 0 Å². The van der Waals surface area contributed by atoms with Crippen molar-refractivity contribution >= 4 is 11.6 Å². The van der Waals surface area contributed by atoms with Crippen LogP contribution in [0.15, 0.2) is 66.7 Å². The molecule has 2 aromatic carbocycles. The average molecular weight is 315 g/mol. The lowest BCUT2D eigenvalue weighted by Crippen LogP contribution is -2.12. The summed E-state index contributed by atoms with van der Waals surface area (Å²) in [5.74, 6) is -0.245. The third kappa shape index (κ3) is 3.01. The zero-order chi connectivity index (χ0) is 17.1. The summed E-state index contributed by atoms with van der Waals surface area (Å²) in [7, 11) is 0. The van der Waals surface area contributed by atoms with E-state index in [1.54, 1.807) is 44.2 Å². The zero-order valence-electron chi connectivity index (χ0n) is 13.6. The van der Waals surface area contributed by atoms with Crippen molar-refractivity contribution in [2.75, 3.05) is 0 Å². The molecular formula is C21H17NO2. The van der Waals surface area contributed by atoms with E-state index in [2.05, 4.69) is 4.98 Å². The summed E-state index contributed by atoms with van der Waals surface area (Å²) < 4.78 is 0. The van der Waals surface area contributed by atoms with E-state index in [0.29, 0.717) is 33.6 Å². The predicted molar refractivity (Wildman–Crippen MR) is 93.5 cm³/mol. The summed E-state index contributed by atoms with van der Waals surface area (Å²) in [6.07, 6.45) is 0. The van der Waals surface area contributed by atoms with Crippen molar-refractivity contribution in [2.45, 2.75) is 13.8 Å². The number of carbonyl (C=O) groups excluding carboxylic acids is 2. The standard InChI is InChI=1S/C21H17NO2/c1-14-18(20(23)16-9-5-3-6-10-16)13-19(15(2)22-14)21(24)17-11-7-4-8-12-17/h3-13H,1-2H3. The molecule has 0 atom stereocenters. The molecule has 0 aliphatic heterocycles. The second-order valence-corrected chi connectivity index (χ2v) is 5.64. The van der Waals surface area contributed by atoms with Crippen LogP contribution in [0.3, 0.4) is 0 Å². The summed E-state index contributed by atoms with van der Waals surface area (Å²) in [5, 5.41) is 0. The normalized spacial score (nSPS) is 10.4. The van der Waals surface area contributed by atoms with Crippen LogP contribution in [-0.4, -0.2) is 16.6 Å². The van der Waals surface area contributed by atoms with Gasteiger partial charge in [-0.3, -0.25) is 14.6 Å². The maximum atomic E-state index is 12.7. The average Bonchev–Trinajstić information content (AvgIpc) is 2.62. The summed E-state index contributed by atoms with van der Waals surface area (Å²) in [5.41, 5.74) is 3.36. The highest BCUT2D eigenvalue weighted by molar-refractivity contribution is 6.13. The number of rotatable bonds is 4. The fourth-order valence-electron chi connectivity index (χ4n) is 2.67. The number of benzene rings is 2. The van der Waals surface area contributed by atoms with Gasteiger partial charge in [0.2, 0.25) is 0 Å². The van der Waals surface area contributed by atoms with Gasteiger partial charge in [0, 0.05) is 33.6 Å². The van der Waals surface area contributed by atoms with Gasteiger partial charge in [0.15, 0.2) is 11.6 Å². The molecule has 3 heteroatoms. The van der Waals surface area contributed by atoms with E-state index in [4.69, 9.17) is 0 Å². The Morgan fingerprint density at radius 1 is 0.667 bits per heavy atom. The molecule has 0 unspecified atom stereocenters. The lowest BCUT2D eigenvalue weighted by Gasteiger charge is -2.10. The molecule has 1 aromatic heterocycles. The minimum Gasteiger partial charge on any atom is -0.289 e. The first-order chi connectivity index (χ1) is 11.6. The van der Waals surface area contributed by atoms with E-state index >= 15 is 0 Å². The molecule has 1 heterocycles. The SMILES string of the molecule is Cc1nc(C)c(C(=O)c2ccccc2)cc1C(=O)c1ccccc1. The molecule has 0 amide bonds. The third-order valence-corrected chi connectivity index (χ3v) is 3.96. The van der Waals surface area contributed by atoms with Crippen molar-refractivity contribution in [3.05, 3.63) is 100 Å². The van der Waals surface area contributed by atoms with Gasteiger partial charge in [0.1, 0.15) is 0 Å². The molecule has 0 fully saturated rings. The highest BCUT2D eigenvalue weighted by Gasteiger charge is 2.19. The Balaban J connectivity index is 2.07. The second kappa shape index (κ2) is 6.59. The summed E-state index contributed by atoms with van der Waals surface area (Å²) >= 11 is 0. The molecule has 0 aliphatic carbocycles. The number of aromatic nitrogens is 1. The number of hydrogen-bond donors (Lipinski definition) is 0. The minimum atomic E-state index is -0.122. The smallest absolute Gasteiger partial charge is 0.194 e. The van der Waals surface area contributed by atoms with Crippen molar-refractivity contribution in [3.63, 3.8) is 0 Å². The Labute approximate surface area is 141 Å². The fourth-order valence-corrected chi connectivity index (χ4v) is 2.67. The van der Waals surface area contributed by atoms with E-state index in [1.165, 1.54) is 0 Å². The molecule has 3 rings (SSSR count). The molecule has 118 valence electrons. The van der Waals surface area contributed by atoms with Gasteiger partial charge in [-0.1, -0.05) is 60.7 Å². The highest BCUT2D eigenvalue weighted by Crippen LogP contribution is 2.19. The van der Waals surface area contributed by atoms with Crippen LogP contribution in [-0.2, 0) is 0 Å². The molecule has 0 aliphatic rings. The summed E-state index contributed by atoms with van der Waals surface area (Å²) in [6.45, 7) is 3.58. The van der Waals surface area contributed by atoms with Gasteiger partial charge in [-0.05, 0) is 19.9 Å². The van der Waals surface area contributed by atoms with Crippen molar-refractivity contribution in [1.82, 2.24) is 4.98 Å². The quantitative estimate of drug-likeness (QED) is 0.679. The topological polar surface area (TPSA) is 47.0 Å². The van der Waals surface area contributed by atoms with Gasteiger partial charge in [-0.15, -0.1) is 0 Å². The Bertz CT molecular complexity index is 827. The van der Waals surface area contributed by atoms with E-state index in [9.17, 15) is 9.59 Å². The van der Waals surface area contributed by atoms with Gasteiger partial charge < -0.3 is 0 Å². The summed E-state index contributed by atoms with van der Waals surface area (Å²) in [6, 6.07) is 19.7. The number of ketones is 2. The molecule has 0 radical (unpaired) electrons. The molecule has 0 bridgehead atoms. The largest absolute Gasteiger partial charge is 0.289 e. The monoisotopic (exact) mass is 315 g/mol. The number of nitrogens with zero attached hydrogens (tertiary/aromatic N) is 1. The molecule has 0 saturated heterocycles. The van der Waals surface area contributed by atoms with Gasteiger partial charge >= 0.3 is 0 Å². The first-order valence-electron chi connectivity index (χ1n) is 7.75. The van der Waals surface area contributed by atoms with Gasteiger partial charge in [-0.2, -0.15) is 0 Å². The van der Waals surface area contributed by atoms with Crippen molar-refractivity contribution in [2.24, 2.45) is 0 Å². The van der Waals surface area contributed by atoms with Gasteiger partial charge in [0.25, 0.3) is 0 Å². The number of aryl methyl sites for hydroxylation is 2. The van der Waals surface area contributed by atoms with Crippen LogP contribution >= 0.6 is 0 Å². The minimum absolute atomic E-state index is 0.122. The summed E-state index contributed by atoms with van der Waals surface area (Å²) in [4.78, 5) is 29.9. The molecule has 3 nitrogen and oxygen atoms in total. The predicted octanol–water partition coefficient (Wildman–Crippen LogP) is 4.16. The molecule has 24 heavy (non-hydrogen) atoms. The maximum Gasteiger partial charge on any atom is 0.194 e. The first-order valence-corrected chi connectivity index (χ1v) is 7.75. The fraction of sp³-hybridized carbons (Fsp3) is 0.0952. The lowest BCUT2D eigenvalue weighted by atomic mass is 9.96. The zero-order valence-corrected chi connectivity index (χ0v) is 13.6. The van der Waals surface area contributed by atoms with E-state index in [0.717, 1.165) is 0 Å². The Morgan fingerprint density at radius 2 is 1.04 bits per heavy atom.